The van der Waals surface area contributed by atoms with Gasteiger partial charge < -0.3 is 2.85 Å². The Morgan fingerprint density at radius 1 is 0.875 bits per heavy atom. The topological polar surface area (TPSA) is 0 Å². The van der Waals surface area contributed by atoms with E-state index in [1.54, 1.807) is 0 Å². The van der Waals surface area contributed by atoms with Crippen LogP contribution in [0.2, 0.25) is 0 Å². The van der Waals surface area contributed by atoms with Crippen LogP contribution in [0.1, 0.15) is 2.85 Å². The van der Waals surface area contributed by atoms with Gasteiger partial charge in [0.2, 0.25) is 0 Å². The molecule has 0 nitrogen and oxygen atoms in total. The first kappa shape index (κ1) is 129. The molecule has 0 bridgehead atoms. The van der Waals surface area contributed by atoms with E-state index < -0.39 is 0 Å². The molecule has 57 valence electrons. The molecule has 0 saturated carbocycles. The first-order chi connectivity index (χ1) is 0. The molecular formula is H6CrF3FeIMgMn. The zero-order chi connectivity index (χ0) is 0. The maximum absolute atomic E-state index is 0. The smallest absolute Gasteiger partial charge is 1.00 e. The third-order valence-corrected chi connectivity index (χ3v) is 0. The minimum Gasteiger partial charge on any atom is -1.00 e. The van der Waals surface area contributed by atoms with Crippen LogP contribution in [-0.4, -0.2) is 23.1 Å². The van der Waals surface area contributed by atoms with Crippen molar-refractivity contribution in [2.75, 3.05) is 0 Å². The average Bonchev–Trinajstić information content (AvgIpc) is 0. The van der Waals surface area contributed by atoms with E-state index in [1.807, 2.05) is 0 Å². The summed E-state index contributed by atoms with van der Waals surface area (Å²) in [7, 11) is 0. The molecule has 0 aromatic rings. The third-order valence-electron chi connectivity index (χ3n) is 0. The Kier molecular flexibility index (Phi) is 1530. The predicted molar refractivity (Wildman–Crippen MR) is 30.9 cm³/mol. The zero-order valence-electron chi connectivity index (χ0n) is 5.48. The minimum atomic E-state index is 0. The van der Waals surface area contributed by atoms with Gasteiger partial charge in [-0.15, -0.1) is 24.0 Å². The Labute approximate surface area is 114 Å². The van der Waals surface area contributed by atoms with E-state index >= 15 is 0 Å². The van der Waals surface area contributed by atoms with E-state index in [-0.39, 0.29) is 115 Å². The van der Waals surface area contributed by atoms with Crippen molar-refractivity contribution in [2.24, 2.45) is 0 Å². The summed E-state index contributed by atoms with van der Waals surface area (Å²) in [6.45, 7) is 0. The number of hydrogen-bond donors (Lipinski definition) is 0. The van der Waals surface area contributed by atoms with Gasteiger partial charge in [0.25, 0.3) is 0 Å². The van der Waals surface area contributed by atoms with E-state index in [9.17, 15) is 0 Å². The van der Waals surface area contributed by atoms with Crippen molar-refractivity contribution < 1.29 is 68.5 Å². The molecular weight excluding hydrogens is 371 g/mol. The molecule has 0 N–H and O–H groups in total. The molecule has 0 heterocycles. The van der Waals surface area contributed by atoms with E-state index in [1.165, 1.54) is 0 Å². The quantitative estimate of drug-likeness (QED) is 0.435. The summed E-state index contributed by atoms with van der Waals surface area (Å²) in [4.78, 5) is 0. The summed E-state index contributed by atoms with van der Waals surface area (Å²) in [6.07, 6.45) is 0. The number of rotatable bonds is 0. The summed E-state index contributed by atoms with van der Waals surface area (Å²) < 4.78 is 0. The van der Waals surface area contributed by atoms with Crippen molar-refractivity contribution in [1.82, 2.24) is 0 Å². The van der Waals surface area contributed by atoms with Crippen LogP contribution in [0.3, 0.4) is 0 Å². The SMILES string of the molecule is F.F.F.I.[Cr].[Fe].[H-].[H-].[Mg+2].[Mn]. The predicted octanol–water partition coefficient (Wildman–Crippen LogP) is 0.912. The van der Waals surface area contributed by atoms with Gasteiger partial charge in [0, 0.05) is 51.5 Å². The zero-order valence-corrected chi connectivity index (χ0v) is 10.8. The Morgan fingerprint density at radius 3 is 0.875 bits per heavy atom. The monoisotopic (exact) mass is 377 g/mol. The Morgan fingerprint density at radius 2 is 0.875 bits per heavy atom. The summed E-state index contributed by atoms with van der Waals surface area (Å²) in [5.74, 6) is 0. The fourth-order valence-corrected chi connectivity index (χ4v) is 0. The summed E-state index contributed by atoms with van der Waals surface area (Å²) >= 11 is 0. The molecule has 0 saturated heterocycles. The van der Waals surface area contributed by atoms with Crippen LogP contribution in [0, 0.1) is 0 Å². The first-order valence-electron chi connectivity index (χ1n) is 0. The van der Waals surface area contributed by atoms with Crippen LogP contribution < -0.4 is 0 Å². The van der Waals surface area contributed by atoms with Crippen molar-refractivity contribution >= 4 is 47.0 Å². The molecule has 0 atom stereocenters. The average molecular weight is 377 g/mol. The van der Waals surface area contributed by atoms with Crippen LogP contribution in [0.5, 0.6) is 0 Å². The van der Waals surface area contributed by atoms with Crippen LogP contribution >= 0.6 is 24.0 Å². The van der Waals surface area contributed by atoms with Crippen LogP contribution in [-0.2, 0) is 51.5 Å². The second-order valence-corrected chi connectivity index (χ2v) is 0. The fourth-order valence-electron chi connectivity index (χ4n) is 0. The molecule has 0 aromatic carbocycles. The van der Waals surface area contributed by atoms with Crippen molar-refractivity contribution in [1.29, 1.82) is 0 Å². The molecule has 0 aromatic heterocycles. The van der Waals surface area contributed by atoms with E-state index in [0.29, 0.717) is 0 Å². The molecule has 8 heteroatoms. The van der Waals surface area contributed by atoms with Crippen LogP contribution in [0.4, 0.5) is 14.1 Å². The Balaban J connectivity index is 0. The molecule has 8 heavy (non-hydrogen) atoms. The van der Waals surface area contributed by atoms with Gasteiger partial charge in [0.15, 0.2) is 0 Å². The van der Waals surface area contributed by atoms with Crippen molar-refractivity contribution in [2.45, 2.75) is 0 Å². The summed E-state index contributed by atoms with van der Waals surface area (Å²) in [6, 6.07) is 0. The molecule has 0 aliphatic heterocycles. The van der Waals surface area contributed by atoms with Crippen LogP contribution in [0.15, 0.2) is 0 Å². The minimum absolute atomic E-state index is 0. The Bertz CT molecular complexity index is 26.5. The van der Waals surface area contributed by atoms with Gasteiger partial charge in [-0.3, -0.25) is 14.1 Å². The number of halogens is 4. The molecule has 1 radical (unpaired) electrons. The van der Waals surface area contributed by atoms with Crippen molar-refractivity contribution in [3.05, 3.63) is 0 Å². The Hall–Kier alpha value is 2.86. The van der Waals surface area contributed by atoms with Crippen molar-refractivity contribution in [3.8, 4) is 0 Å². The van der Waals surface area contributed by atoms with Crippen molar-refractivity contribution in [3.63, 3.8) is 0 Å². The standard InChI is InChI=1S/Cr.3FH.Fe.HI.Mg.Mn.2H/h;3*1H;;1H;;;;/q;;;;;;+2;;2*-1. The number of hydrogen-bond acceptors (Lipinski definition) is 0. The fraction of sp³-hybridized carbons (Fsp3) is 0. The maximum atomic E-state index is 0. The normalized spacial score (nSPS) is 0. The van der Waals surface area contributed by atoms with E-state index in [0.717, 1.165) is 0 Å². The van der Waals surface area contributed by atoms with E-state index in [2.05, 4.69) is 0 Å². The first-order valence-corrected chi connectivity index (χ1v) is 0. The maximum Gasteiger partial charge on any atom is 2.00 e. The molecule has 0 aliphatic carbocycles. The van der Waals surface area contributed by atoms with Gasteiger partial charge in [0.1, 0.15) is 0 Å². The van der Waals surface area contributed by atoms with Gasteiger partial charge in [-0.25, -0.2) is 0 Å². The second-order valence-electron chi connectivity index (χ2n) is 0. The summed E-state index contributed by atoms with van der Waals surface area (Å²) in [5.41, 5.74) is 0. The van der Waals surface area contributed by atoms with Crippen LogP contribution in [0.25, 0.3) is 0 Å². The van der Waals surface area contributed by atoms with Gasteiger partial charge in [-0.1, -0.05) is 0 Å². The van der Waals surface area contributed by atoms with Gasteiger partial charge in [-0.2, -0.15) is 0 Å². The molecule has 0 rings (SSSR count). The molecule has 0 spiro atoms. The molecule has 0 fully saturated rings. The molecule has 0 amide bonds. The van der Waals surface area contributed by atoms with Gasteiger partial charge in [-0.05, 0) is 0 Å². The van der Waals surface area contributed by atoms with Gasteiger partial charge >= 0.3 is 23.1 Å². The summed E-state index contributed by atoms with van der Waals surface area (Å²) in [5, 5.41) is 0. The van der Waals surface area contributed by atoms with Gasteiger partial charge in [0.05, 0.1) is 0 Å². The largest absolute Gasteiger partial charge is 2.00 e. The van der Waals surface area contributed by atoms with E-state index in [4.69, 9.17) is 0 Å². The second kappa shape index (κ2) is 94.7. The molecule has 0 unspecified atom stereocenters. The third kappa shape index (κ3) is 67.0. The molecule has 0 aliphatic rings.